The summed E-state index contributed by atoms with van der Waals surface area (Å²) in [4.78, 5) is 10.2. The number of carbonyl (C=O) groups excluding carboxylic acids is 1. The fourth-order valence-electron chi connectivity index (χ4n) is 0.530. The fraction of sp³-hybridized carbons (Fsp3) is 0.800. The maximum Gasteiger partial charge on any atom is 0.304 e. The largest absolute Gasteiger partial charge is 0.440 e. The lowest BCUT2D eigenvalue weighted by Gasteiger charge is -2.04. The topological polar surface area (TPSA) is 26.3 Å². The first-order valence-corrected chi connectivity index (χ1v) is 2.95. The van der Waals surface area contributed by atoms with Crippen LogP contribution in [0.25, 0.3) is 0 Å². The minimum atomic E-state index is -1.31. The second kappa shape index (κ2) is 1.84. The Kier molecular flexibility index (Phi) is 1.39. The second-order valence-electron chi connectivity index (χ2n) is 2.05. The van der Waals surface area contributed by atoms with Crippen LogP contribution >= 0.6 is 11.6 Å². The van der Waals surface area contributed by atoms with Crippen molar-refractivity contribution in [2.75, 3.05) is 0 Å². The molecule has 0 saturated heterocycles. The minimum Gasteiger partial charge on any atom is -0.440 e. The lowest BCUT2D eigenvalue weighted by atomic mass is 10.7. The molecule has 0 aromatic heterocycles. The highest BCUT2D eigenvalue weighted by Crippen LogP contribution is 2.46. The van der Waals surface area contributed by atoms with Gasteiger partial charge in [-0.25, -0.2) is 4.39 Å². The van der Waals surface area contributed by atoms with Gasteiger partial charge in [0.25, 0.3) is 0 Å². The summed E-state index contributed by atoms with van der Waals surface area (Å²) >= 11 is 5.37. The molecule has 0 radical (unpaired) electrons. The highest BCUT2D eigenvalue weighted by atomic mass is 35.5. The molecule has 1 fully saturated rings. The number of ether oxygens (including phenoxy) is 1. The Bertz CT molecular complexity index is 150. The predicted molar refractivity (Wildman–Crippen MR) is 29.9 cm³/mol. The standard InChI is InChI=1S/C5H6ClFO2/c1-3(8)9-5(6)2-4(5)7/h4H,2H2,1H3. The van der Waals surface area contributed by atoms with E-state index in [-0.39, 0.29) is 6.42 Å². The number of rotatable bonds is 1. The number of carbonyl (C=O) groups is 1. The summed E-state index contributed by atoms with van der Waals surface area (Å²) in [6.07, 6.45) is -1.06. The van der Waals surface area contributed by atoms with Crippen molar-refractivity contribution >= 4 is 17.6 Å². The van der Waals surface area contributed by atoms with E-state index < -0.39 is 17.2 Å². The molecule has 2 atom stereocenters. The molecule has 0 amide bonds. The summed E-state index contributed by atoms with van der Waals surface area (Å²) < 4.78 is 16.5. The molecular weight excluding hydrogens is 147 g/mol. The van der Waals surface area contributed by atoms with Crippen LogP contribution in [0.4, 0.5) is 4.39 Å². The Balaban J connectivity index is 2.37. The SMILES string of the molecule is CC(=O)OC1(Cl)CC1F. The van der Waals surface area contributed by atoms with Crippen molar-refractivity contribution in [2.45, 2.75) is 24.6 Å². The van der Waals surface area contributed by atoms with Gasteiger partial charge >= 0.3 is 5.97 Å². The summed E-state index contributed by atoms with van der Waals surface area (Å²) in [5, 5.41) is -1.31. The number of alkyl halides is 2. The van der Waals surface area contributed by atoms with Gasteiger partial charge in [0.2, 0.25) is 5.06 Å². The molecule has 0 bridgehead atoms. The van der Waals surface area contributed by atoms with E-state index in [1.165, 1.54) is 6.92 Å². The summed E-state index contributed by atoms with van der Waals surface area (Å²) in [7, 11) is 0. The van der Waals surface area contributed by atoms with Crippen molar-refractivity contribution in [3.05, 3.63) is 0 Å². The summed E-state index contributed by atoms with van der Waals surface area (Å²) in [6, 6.07) is 0. The van der Waals surface area contributed by atoms with Crippen molar-refractivity contribution in [2.24, 2.45) is 0 Å². The van der Waals surface area contributed by atoms with Gasteiger partial charge in [-0.2, -0.15) is 0 Å². The van der Waals surface area contributed by atoms with Gasteiger partial charge in [-0.15, -0.1) is 0 Å². The minimum absolute atomic E-state index is 0.119. The van der Waals surface area contributed by atoms with E-state index in [9.17, 15) is 9.18 Å². The van der Waals surface area contributed by atoms with Gasteiger partial charge in [0.15, 0.2) is 6.17 Å². The molecule has 4 heteroatoms. The average molecular weight is 153 g/mol. The van der Waals surface area contributed by atoms with Crippen LogP contribution in [0.3, 0.4) is 0 Å². The Morgan fingerprint density at radius 1 is 2.00 bits per heavy atom. The predicted octanol–water partition coefficient (Wildman–Crippen LogP) is 1.23. The van der Waals surface area contributed by atoms with Gasteiger partial charge in [-0.1, -0.05) is 11.6 Å². The molecule has 2 unspecified atom stereocenters. The van der Waals surface area contributed by atoms with Crippen molar-refractivity contribution in [3.8, 4) is 0 Å². The van der Waals surface area contributed by atoms with Crippen LogP contribution in [-0.2, 0) is 9.53 Å². The van der Waals surface area contributed by atoms with Crippen molar-refractivity contribution < 1.29 is 13.9 Å². The highest BCUT2D eigenvalue weighted by molar-refractivity contribution is 6.26. The zero-order chi connectivity index (χ0) is 7.07. The summed E-state index contributed by atoms with van der Waals surface area (Å²) in [6.45, 7) is 1.20. The van der Waals surface area contributed by atoms with E-state index in [0.29, 0.717) is 0 Å². The van der Waals surface area contributed by atoms with Crippen LogP contribution in [0.15, 0.2) is 0 Å². The molecule has 0 aliphatic heterocycles. The van der Waals surface area contributed by atoms with Gasteiger partial charge < -0.3 is 4.74 Å². The molecular formula is C5H6ClFO2. The molecule has 0 heterocycles. The van der Waals surface area contributed by atoms with Gasteiger partial charge in [0.1, 0.15) is 0 Å². The zero-order valence-electron chi connectivity index (χ0n) is 4.86. The molecule has 2 nitrogen and oxygen atoms in total. The summed E-state index contributed by atoms with van der Waals surface area (Å²) in [5.41, 5.74) is 0. The first kappa shape index (κ1) is 6.81. The third-order valence-corrected chi connectivity index (χ3v) is 1.55. The van der Waals surface area contributed by atoms with E-state index in [1.54, 1.807) is 0 Å². The second-order valence-corrected chi connectivity index (χ2v) is 2.69. The van der Waals surface area contributed by atoms with Crippen LogP contribution in [0.2, 0.25) is 0 Å². The van der Waals surface area contributed by atoms with E-state index in [4.69, 9.17) is 11.6 Å². The van der Waals surface area contributed by atoms with Crippen molar-refractivity contribution in [1.29, 1.82) is 0 Å². The van der Waals surface area contributed by atoms with Crippen molar-refractivity contribution in [1.82, 2.24) is 0 Å². The molecule has 0 N–H and O–H groups in total. The molecule has 1 aliphatic rings. The van der Waals surface area contributed by atoms with Crippen molar-refractivity contribution in [3.63, 3.8) is 0 Å². The number of hydrogen-bond acceptors (Lipinski definition) is 2. The number of halogens is 2. The molecule has 1 rings (SSSR count). The zero-order valence-corrected chi connectivity index (χ0v) is 5.61. The smallest absolute Gasteiger partial charge is 0.304 e. The summed E-state index contributed by atoms with van der Waals surface area (Å²) in [5.74, 6) is -0.537. The van der Waals surface area contributed by atoms with E-state index >= 15 is 0 Å². The number of esters is 1. The Hall–Kier alpha value is -0.310. The highest BCUT2D eigenvalue weighted by Gasteiger charge is 2.58. The Labute approximate surface area is 56.9 Å². The molecule has 0 aromatic rings. The third kappa shape index (κ3) is 1.33. The Morgan fingerprint density at radius 2 is 2.44 bits per heavy atom. The van der Waals surface area contributed by atoms with Gasteiger partial charge in [0.05, 0.1) is 0 Å². The van der Waals surface area contributed by atoms with Crippen LogP contribution in [0.5, 0.6) is 0 Å². The van der Waals surface area contributed by atoms with Gasteiger partial charge in [-0.05, 0) is 0 Å². The van der Waals surface area contributed by atoms with Crippen LogP contribution in [0.1, 0.15) is 13.3 Å². The van der Waals surface area contributed by atoms with Gasteiger partial charge in [-0.3, -0.25) is 4.79 Å². The maximum atomic E-state index is 12.1. The molecule has 1 saturated carbocycles. The van der Waals surface area contributed by atoms with Gasteiger partial charge in [0, 0.05) is 13.3 Å². The lowest BCUT2D eigenvalue weighted by Crippen LogP contribution is -2.13. The van der Waals surface area contributed by atoms with E-state index in [0.717, 1.165) is 0 Å². The lowest BCUT2D eigenvalue weighted by molar-refractivity contribution is -0.144. The molecule has 1 aliphatic carbocycles. The quantitative estimate of drug-likeness (QED) is 0.417. The van der Waals surface area contributed by atoms with E-state index in [2.05, 4.69) is 4.74 Å². The molecule has 0 spiro atoms. The Morgan fingerprint density at radius 3 is 2.56 bits per heavy atom. The molecule has 9 heavy (non-hydrogen) atoms. The molecule has 52 valence electrons. The monoisotopic (exact) mass is 152 g/mol. The third-order valence-electron chi connectivity index (χ3n) is 1.08. The fourth-order valence-corrected chi connectivity index (χ4v) is 0.774. The van der Waals surface area contributed by atoms with Crippen LogP contribution in [-0.4, -0.2) is 17.2 Å². The van der Waals surface area contributed by atoms with Crippen LogP contribution in [0, 0.1) is 0 Å². The number of hydrogen-bond donors (Lipinski definition) is 0. The maximum absolute atomic E-state index is 12.1. The first-order valence-electron chi connectivity index (χ1n) is 2.57. The van der Waals surface area contributed by atoms with E-state index in [1.807, 2.05) is 0 Å². The molecule has 0 aromatic carbocycles. The first-order chi connectivity index (χ1) is 4.04. The van der Waals surface area contributed by atoms with Crippen LogP contribution < -0.4 is 0 Å². The normalized spacial score (nSPS) is 40.1. The average Bonchev–Trinajstić information content (AvgIpc) is 2.10.